The van der Waals surface area contributed by atoms with E-state index in [1.165, 1.54) is 0 Å². The molecule has 0 radical (unpaired) electrons. The van der Waals surface area contributed by atoms with Gasteiger partial charge in [-0.1, -0.05) is 29.8 Å². The largest absolute Gasteiger partial charge is 0.486 e. The number of halogens is 1. The molecule has 2 aromatic rings. The minimum Gasteiger partial charge on any atom is -0.486 e. The molecule has 22 heavy (non-hydrogen) atoms. The van der Waals surface area contributed by atoms with Gasteiger partial charge >= 0.3 is 0 Å². The Kier molecular flexibility index (Phi) is 4.49. The third-order valence-electron chi connectivity index (χ3n) is 3.37. The van der Waals surface area contributed by atoms with Crippen LogP contribution < -0.4 is 14.8 Å². The van der Waals surface area contributed by atoms with Gasteiger partial charge in [-0.05, 0) is 35.4 Å². The Morgan fingerprint density at radius 2 is 1.68 bits per heavy atom. The minimum absolute atomic E-state index is 0.0355. The average Bonchev–Trinajstić information content (AvgIpc) is 2.54. The van der Waals surface area contributed by atoms with Crippen LogP contribution in [0.5, 0.6) is 11.5 Å². The quantitative estimate of drug-likeness (QED) is 0.943. The van der Waals surface area contributed by atoms with Gasteiger partial charge in [0.2, 0.25) is 5.91 Å². The first kappa shape index (κ1) is 14.7. The molecule has 4 nitrogen and oxygen atoms in total. The highest BCUT2D eigenvalue weighted by Crippen LogP contribution is 2.30. The van der Waals surface area contributed by atoms with Crippen molar-refractivity contribution in [3.8, 4) is 11.5 Å². The summed E-state index contributed by atoms with van der Waals surface area (Å²) in [6.45, 7) is 1.59. The van der Waals surface area contributed by atoms with Crippen molar-refractivity contribution in [3.05, 3.63) is 58.6 Å². The number of carbonyl (C=O) groups is 1. The molecule has 1 N–H and O–H groups in total. The van der Waals surface area contributed by atoms with E-state index < -0.39 is 0 Å². The summed E-state index contributed by atoms with van der Waals surface area (Å²) in [4.78, 5) is 12.0. The third-order valence-corrected chi connectivity index (χ3v) is 3.63. The highest BCUT2D eigenvalue weighted by atomic mass is 35.5. The second kappa shape index (κ2) is 6.71. The fraction of sp³-hybridized carbons (Fsp3) is 0.235. The van der Waals surface area contributed by atoms with Gasteiger partial charge in [-0.25, -0.2) is 0 Å². The Morgan fingerprint density at radius 3 is 2.45 bits per heavy atom. The van der Waals surface area contributed by atoms with Gasteiger partial charge < -0.3 is 14.8 Å². The normalized spacial score (nSPS) is 12.8. The molecule has 1 heterocycles. The van der Waals surface area contributed by atoms with E-state index in [2.05, 4.69) is 5.32 Å². The van der Waals surface area contributed by atoms with Crippen molar-refractivity contribution in [3.63, 3.8) is 0 Å². The van der Waals surface area contributed by atoms with Crippen LogP contribution in [-0.2, 0) is 17.8 Å². The molecule has 0 atom stereocenters. The predicted molar refractivity (Wildman–Crippen MR) is 84.4 cm³/mol. The van der Waals surface area contributed by atoms with E-state index in [1.54, 1.807) is 0 Å². The van der Waals surface area contributed by atoms with Gasteiger partial charge in [0.15, 0.2) is 11.5 Å². The molecule has 3 rings (SSSR count). The SMILES string of the molecule is O=C(Cc1ccc2c(c1)OCCO2)NCc1ccc(Cl)cc1. The molecule has 0 saturated carbocycles. The van der Waals surface area contributed by atoms with E-state index in [0.29, 0.717) is 37.0 Å². The van der Waals surface area contributed by atoms with Crippen LogP contribution in [0.1, 0.15) is 11.1 Å². The Morgan fingerprint density at radius 1 is 1.00 bits per heavy atom. The molecule has 0 unspecified atom stereocenters. The monoisotopic (exact) mass is 317 g/mol. The zero-order valence-electron chi connectivity index (χ0n) is 12.0. The Bertz CT molecular complexity index is 670. The first-order chi connectivity index (χ1) is 10.7. The van der Waals surface area contributed by atoms with E-state index in [0.717, 1.165) is 16.9 Å². The molecule has 2 aromatic carbocycles. The maximum absolute atomic E-state index is 12.0. The lowest BCUT2D eigenvalue weighted by atomic mass is 10.1. The van der Waals surface area contributed by atoms with Crippen molar-refractivity contribution in [2.75, 3.05) is 13.2 Å². The molecule has 0 spiro atoms. The fourth-order valence-corrected chi connectivity index (χ4v) is 2.37. The summed E-state index contributed by atoms with van der Waals surface area (Å²) in [5.41, 5.74) is 1.91. The molecule has 0 aliphatic carbocycles. The van der Waals surface area contributed by atoms with E-state index in [-0.39, 0.29) is 5.91 Å². The minimum atomic E-state index is -0.0355. The zero-order chi connectivity index (χ0) is 15.4. The summed E-state index contributed by atoms with van der Waals surface area (Å²) in [5, 5.41) is 3.58. The van der Waals surface area contributed by atoms with Crippen LogP contribution in [-0.4, -0.2) is 19.1 Å². The summed E-state index contributed by atoms with van der Waals surface area (Å²) < 4.78 is 11.0. The van der Waals surface area contributed by atoms with Crippen molar-refractivity contribution in [1.82, 2.24) is 5.32 Å². The van der Waals surface area contributed by atoms with Gasteiger partial charge in [0, 0.05) is 11.6 Å². The first-order valence-electron chi connectivity index (χ1n) is 7.10. The van der Waals surface area contributed by atoms with Gasteiger partial charge in [0.25, 0.3) is 0 Å². The molecule has 1 amide bonds. The predicted octanol–water partition coefficient (Wildman–Crippen LogP) is 2.97. The molecular formula is C17H16ClNO3. The molecule has 5 heteroatoms. The Labute approximate surface area is 134 Å². The van der Waals surface area contributed by atoms with Crippen LogP contribution in [0.4, 0.5) is 0 Å². The summed E-state index contributed by atoms with van der Waals surface area (Å²) in [6, 6.07) is 13.0. The van der Waals surface area contributed by atoms with Crippen molar-refractivity contribution in [2.45, 2.75) is 13.0 Å². The number of hydrogen-bond donors (Lipinski definition) is 1. The lowest BCUT2D eigenvalue weighted by molar-refractivity contribution is -0.120. The lowest BCUT2D eigenvalue weighted by Gasteiger charge is -2.18. The maximum atomic E-state index is 12.0. The van der Waals surface area contributed by atoms with E-state index in [4.69, 9.17) is 21.1 Å². The summed E-state index contributed by atoms with van der Waals surface area (Å²) in [5.74, 6) is 1.40. The highest BCUT2D eigenvalue weighted by Gasteiger charge is 2.13. The van der Waals surface area contributed by atoms with Crippen LogP contribution in [0.2, 0.25) is 5.02 Å². The van der Waals surface area contributed by atoms with Gasteiger partial charge in [0.1, 0.15) is 13.2 Å². The number of amides is 1. The second-order valence-electron chi connectivity index (χ2n) is 5.06. The number of rotatable bonds is 4. The fourth-order valence-electron chi connectivity index (χ4n) is 2.25. The first-order valence-corrected chi connectivity index (χ1v) is 7.48. The molecule has 0 bridgehead atoms. The van der Waals surface area contributed by atoms with Crippen molar-refractivity contribution < 1.29 is 14.3 Å². The van der Waals surface area contributed by atoms with E-state index >= 15 is 0 Å². The van der Waals surface area contributed by atoms with Crippen LogP contribution in [0, 0.1) is 0 Å². The molecule has 0 aromatic heterocycles. The van der Waals surface area contributed by atoms with Crippen LogP contribution in [0.3, 0.4) is 0 Å². The smallest absolute Gasteiger partial charge is 0.224 e. The maximum Gasteiger partial charge on any atom is 0.224 e. The topological polar surface area (TPSA) is 47.6 Å². The molecule has 0 saturated heterocycles. The number of fused-ring (bicyclic) bond motifs is 1. The number of ether oxygens (including phenoxy) is 2. The van der Waals surface area contributed by atoms with Gasteiger partial charge in [0.05, 0.1) is 6.42 Å². The van der Waals surface area contributed by atoms with Crippen molar-refractivity contribution in [1.29, 1.82) is 0 Å². The summed E-state index contributed by atoms with van der Waals surface area (Å²) in [6.07, 6.45) is 0.310. The molecule has 1 aliphatic rings. The Balaban J connectivity index is 1.56. The number of benzene rings is 2. The summed E-state index contributed by atoms with van der Waals surface area (Å²) >= 11 is 5.83. The molecule has 1 aliphatic heterocycles. The van der Waals surface area contributed by atoms with Gasteiger partial charge in [-0.2, -0.15) is 0 Å². The third kappa shape index (κ3) is 3.71. The number of nitrogens with one attached hydrogen (secondary N) is 1. The van der Waals surface area contributed by atoms with Crippen molar-refractivity contribution >= 4 is 17.5 Å². The van der Waals surface area contributed by atoms with Gasteiger partial charge in [-0.3, -0.25) is 4.79 Å². The average molecular weight is 318 g/mol. The van der Waals surface area contributed by atoms with Crippen LogP contribution in [0.15, 0.2) is 42.5 Å². The van der Waals surface area contributed by atoms with E-state index in [1.807, 2.05) is 42.5 Å². The zero-order valence-corrected chi connectivity index (χ0v) is 12.7. The van der Waals surface area contributed by atoms with Crippen LogP contribution >= 0.6 is 11.6 Å². The number of carbonyl (C=O) groups excluding carboxylic acids is 1. The second-order valence-corrected chi connectivity index (χ2v) is 5.49. The lowest BCUT2D eigenvalue weighted by Crippen LogP contribution is -2.24. The number of hydrogen-bond acceptors (Lipinski definition) is 3. The summed E-state index contributed by atoms with van der Waals surface area (Å²) in [7, 11) is 0. The molecule has 0 fully saturated rings. The van der Waals surface area contributed by atoms with Crippen molar-refractivity contribution in [2.24, 2.45) is 0 Å². The van der Waals surface area contributed by atoms with E-state index in [9.17, 15) is 4.79 Å². The molecule has 114 valence electrons. The van der Waals surface area contributed by atoms with Gasteiger partial charge in [-0.15, -0.1) is 0 Å². The standard InChI is InChI=1S/C17H16ClNO3/c18-14-4-1-12(2-5-14)11-19-17(20)10-13-3-6-15-16(9-13)22-8-7-21-15/h1-6,9H,7-8,10-11H2,(H,19,20). The van der Waals surface area contributed by atoms with Crippen LogP contribution in [0.25, 0.3) is 0 Å². The highest BCUT2D eigenvalue weighted by molar-refractivity contribution is 6.30. The molecular weight excluding hydrogens is 302 g/mol. The Hall–Kier alpha value is -2.20.